The first kappa shape index (κ1) is 26.5. The topological polar surface area (TPSA) is 0 Å². The van der Waals surface area contributed by atoms with Crippen LogP contribution in [0.2, 0.25) is 0 Å². The van der Waals surface area contributed by atoms with E-state index in [0.717, 1.165) is 18.3 Å². The Morgan fingerprint density at radius 1 is 0.806 bits per heavy atom. The van der Waals surface area contributed by atoms with Gasteiger partial charge in [0, 0.05) is 5.56 Å². The molecular weight excluding hydrogens is 453 g/mol. The molecule has 1 aliphatic rings. The van der Waals surface area contributed by atoms with E-state index in [2.05, 4.69) is 13.5 Å². The molecular formula is C33H39F3. The fourth-order valence-corrected chi connectivity index (χ4v) is 5.80. The van der Waals surface area contributed by atoms with E-state index in [4.69, 9.17) is 0 Å². The largest absolute Gasteiger partial charge is 0.206 e. The highest BCUT2D eigenvalue weighted by molar-refractivity contribution is 5.89. The Balaban J connectivity index is 1.40. The maximum Gasteiger partial charge on any atom is 0.170 e. The zero-order valence-electron chi connectivity index (χ0n) is 21.6. The summed E-state index contributed by atoms with van der Waals surface area (Å²) in [5, 5.41) is 0.104. The lowest BCUT2D eigenvalue weighted by Gasteiger charge is -2.28. The van der Waals surface area contributed by atoms with Crippen molar-refractivity contribution in [2.24, 2.45) is 11.8 Å². The molecule has 3 aromatic carbocycles. The Morgan fingerprint density at radius 3 is 2.17 bits per heavy atom. The van der Waals surface area contributed by atoms with Crippen LogP contribution >= 0.6 is 0 Å². The first-order valence-electron chi connectivity index (χ1n) is 13.8. The van der Waals surface area contributed by atoms with Gasteiger partial charge in [0.1, 0.15) is 5.82 Å². The summed E-state index contributed by atoms with van der Waals surface area (Å²) in [6, 6.07) is 12.7. The van der Waals surface area contributed by atoms with E-state index in [1.807, 2.05) is 24.3 Å². The van der Waals surface area contributed by atoms with Crippen molar-refractivity contribution in [1.82, 2.24) is 0 Å². The Kier molecular flexibility index (Phi) is 9.29. The number of fused-ring (bicyclic) bond motifs is 1. The predicted molar refractivity (Wildman–Crippen MR) is 146 cm³/mol. The third-order valence-electron chi connectivity index (χ3n) is 8.11. The molecule has 36 heavy (non-hydrogen) atoms. The second-order valence-electron chi connectivity index (χ2n) is 10.6. The van der Waals surface area contributed by atoms with Crippen LogP contribution in [0, 0.1) is 29.3 Å². The second kappa shape index (κ2) is 12.6. The van der Waals surface area contributed by atoms with Gasteiger partial charge in [0.25, 0.3) is 0 Å². The van der Waals surface area contributed by atoms with Gasteiger partial charge in [-0.1, -0.05) is 101 Å². The molecule has 1 aliphatic carbocycles. The van der Waals surface area contributed by atoms with E-state index in [9.17, 15) is 8.78 Å². The molecule has 0 spiro atoms. The van der Waals surface area contributed by atoms with Gasteiger partial charge in [-0.25, -0.2) is 13.2 Å². The molecule has 4 rings (SSSR count). The van der Waals surface area contributed by atoms with Crippen LogP contribution in [0.4, 0.5) is 13.2 Å². The van der Waals surface area contributed by atoms with Crippen molar-refractivity contribution in [2.75, 3.05) is 0 Å². The van der Waals surface area contributed by atoms with Crippen molar-refractivity contribution in [3.8, 4) is 11.1 Å². The van der Waals surface area contributed by atoms with E-state index < -0.39 is 17.5 Å². The fraction of sp³-hybridized carbons (Fsp3) is 0.455. The van der Waals surface area contributed by atoms with Gasteiger partial charge >= 0.3 is 0 Å². The first-order valence-corrected chi connectivity index (χ1v) is 13.8. The molecule has 0 aromatic heterocycles. The summed E-state index contributed by atoms with van der Waals surface area (Å²) in [5.41, 5.74) is 2.39. The van der Waals surface area contributed by atoms with E-state index in [0.29, 0.717) is 29.4 Å². The van der Waals surface area contributed by atoms with Gasteiger partial charge in [0.05, 0.1) is 5.39 Å². The smallest absolute Gasteiger partial charge is 0.170 e. The Bertz CT molecular complexity index is 1150. The average molecular weight is 493 g/mol. The molecule has 192 valence electrons. The van der Waals surface area contributed by atoms with Gasteiger partial charge in [0.15, 0.2) is 11.6 Å². The van der Waals surface area contributed by atoms with Crippen LogP contribution in [0.15, 0.2) is 55.1 Å². The zero-order valence-corrected chi connectivity index (χ0v) is 21.6. The molecule has 0 amide bonds. The standard InChI is InChI=1S/C33H39F3/c1-3-5-7-8-23-10-12-24(13-11-23)14-15-25-16-18-26(19-17-25)29-22-28-21-20-27(9-6-4-2)31(34)30(28)33(36)32(29)35/h4,16-24H,2-3,5-15H2,1H3. The molecule has 3 heteroatoms. The van der Waals surface area contributed by atoms with E-state index >= 15 is 4.39 Å². The van der Waals surface area contributed by atoms with Crippen molar-refractivity contribution in [2.45, 2.75) is 84.0 Å². The van der Waals surface area contributed by atoms with Crippen molar-refractivity contribution in [3.63, 3.8) is 0 Å². The average Bonchev–Trinajstić information content (AvgIpc) is 2.90. The van der Waals surface area contributed by atoms with Crippen LogP contribution in [-0.4, -0.2) is 0 Å². The quantitative estimate of drug-likeness (QED) is 0.184. The maximum absolute atomic E-state index is 15.0. The van der Waals surface area contributed by atoms with Crippen LogP contribution in [0.25, 0.3) is 21.9 Å². The Hall–Kier alpha value is -2.55. The first-order chi connectivity index (χ1) is 17.5. The van der Waals surface area contributed by atoms with Gasteiger partial charge in [0.2, 0.25) is 0 Å². The van der Waals surface area contributed by atoms with Crippen molar-refractivity contribution in [3.05, 3.63) is 83.7 Å². The number of halogens is 3. The minimum Gasteiger partial charge on any atom is -0.206 e. The van der Waals surface area contributed by atoms with Gasteiger partial charge in [-0.3, -0.25) is 0 Å². The summed E-state index contributed by atoms with van der Waals surface area (Å²) in [6.07, 6.45) is 15.7. The lowest BCUT2D eigenvalue weighted by Crippen LogP contribution is -2.15. The zero-order chi connectivity index (χ0) is 25.5. The van der Waals surface area contributed by atoms with E-state index in [1.165, 1.54) is 63.4 Å². The Labute approximate surface area is 214 Å². The van der Waals surface area contributed by atoms with Crippen LogP contribution < -0.4 is 0 Å². The van der Waals surface area contributed by atoms with Crippen LogP contribution in [0.3, 0.4) is 0 Å². The van der Waals surface area contributed by atoms with Crippen LogP contribution in [0.5, 0.6) is 0 Å². The van der Waals surface area contributed by atoms with Crippen LogP contribution in [-0.2, 0) is 12.8 Å². The number of hydrogen-bond acceptors (Lipinski definition) is 0. The Morgan fingerprint density at radius 2 is 1.50 bits per heavy atom. The van der Waals surface area contributed by atoms with E-state index in [-0.39, 0.29) is 10.9 Å². The highest BCUT2D eigenvalue weighted by Gasteiger charge is 2.21. The molecule has 0 radical (unpaired) electrons. The predicted octanol–water partition coefficient (Wildman–Crippen LogP) is 10.4. The summed E-state index contributed by atoms with van der Waals surface area (Å²) in [6.45, 7) is 5.91. The maximum atomic E-state index is 15.0. The summed E-state index contributed by atoms with van der Waals surface area (Å²) in [7, 11) is 0. The number of hydrogen-bond donors (Lipinski definition) is 0. The number of allylic oxidation sites excluding steroid dienone is 1. The van der Waals surface area contributed by atoms with Gasteiger partial charge < -0.3 is 0 Å². The molecule has 1 fully saturated rings. The monoisotopic (exact) mass is 492 g/mol. The number of benzene rings is 3. The molecule has 0 nitrogen and oxygen atoms in total. The fourth-order valence-electron chi connectivity index (χ4n) is 5.80. The molecule has 0 saturated heterocycles. The summed E-state index contributed by atoms with van der Waals surface area (Å²) in [5.74, 6) is -1.06. The number of unbranched alkanes of at least 4 members (excludes halogenated alkanes) is 2. The highest BCUT2D eigenvalue weighted by atomic mass is 19.2. The normalized spacial score (nSPS) is 18.0. The third kappa shape index (κ3) is 6.22. The summed E-state index contributed by atoms with van der Waals surface area (Å²) < 4.78 is 44.9. The molecule has 0 heterocycles. The van der Waals surface area contributed by atoms with E-state index in [1.54, 1.807) is 24.3 Å². The minimum absolute atomic E-state index is 0.172. The lowest BCUT2D eigenvalue weighted by atomic mass is 9.78. The second-order valence-corrected chi connectivity index (χ2v) is 10.6. The third-order valence-corrected chi connectivity index (χ3v) is 8.11. The van der Waals surface area contributed by atoms with Crippen molar-refractivity contribution < 1.29 is 13.2 Å². The van der Waals surface area contributed by atoms with Crippen LogP contribution in [0.1, 0.15) is 82.3 Å². The summed E-state index contributed by atoms with van der Waals surface area (Å²) >= 11 is 0. The number of aryl methyl sites for hydroxylation is 2. The molecule has 0 atom stereocenters. The summed E-state index contributed by atoms with van der Waals surface area (Å²) in [4.78, 5) is 0. The molecule has 3 aromatic rings. The van der Waals surface area contributed by atoms with Crippen molar-refractivity contribution >= 4 is 10.8 Å². The van der Waals surface area contributed by atoms with Gasteiger partial charge in [-0.05, 0) is 65.7 Å². The number of rotatable bonds is 11. The molecule has 1 saturated carbocycles. The lowest BCUT2D eigenvalue weighted by molar-refractivity contribution is 0.249. The molecule has 0 unspecified atom stereocenters. The molecule has 0 aliphatic heterocycles. The van der Waals surface area contributed by atoms with Gasteiger partial charge in [-0.2, -0.15) is 0 Å². The molecule has 0 bridgehead atoms. The minimum atomic E-state index is -1.12. The van der Waals surface area contributed by atoms with Gasteiger partial charge in [-0.15, -0.1) is 6.58 Å². The molecule has 0 N–H and O–H groups in total. The SMILES string of the molecule is C=CCCc1ccc2cc(-c3ccc(CCC4CCC(CCCCC)CC4)cc3)c(F)c(F)c2c1F. The van der Waals surface area contributed by atoms with Crippen molar-refractivity contribution in [1.29, 1.82) is 0 Å². The highest BCUT2D eigenvalue weighted by Crippen LogP contribution is 2.36.